The summed E-state index contributed by atoms with van der Waals surface area (Å²) in [6.07, 6.45) is 3.48. The number of nitrogens with one attached hydrogen (secondary N) is 1. The zero-order valence-corrected chi connectivity index (χ0v) is 9.80. The van der Waals surface area contributed by atoms with Gasteiger partial charge in [-0.3, -0.25) is 4.68 Å². The number of hydrogen-bond donors (Lipinski definition) is 2. The average molecular weight is 232 g/mol. The number of hydrogen-bond acceptors (Lipinski definition) is 4. The lowest BCUT2D eigenvalue weighted by Gasteiger charge is -2.07. The molecule has 0 saturated heterocycles. The second kappa shape index (κ2) is 5.45. The Morgan fingerprint density at radius 1 is 1.41 bits per heavy atom. The van der Waals surface area contributed by atoms with Gasteiger partial charge in [-0.1, -0.05) is 22.9 Å². The average Bonchev–Trinajstić information content (AvgIpc) is 2.82. The quantitative estimate of drug-likeness (QED) is 0.757. The molecule has 0 bridgehead atoms. The fourth-order valence-electron chi connectivity index (χ4n) is 1.62. The number of aryl methyl sites for hydroxylation is 1. The molecule has 0 aliphatic carbocycles. The monoisotopic (exact) mass is 232 g/mol. The van der Waals surface area contributed by atoms with Crippen molar-refractivity contribution in [2.75, 3.05) is 6.54 Å². The third-order valence-corrected chi connectivity index (χ3v) is 2.54. The minimum atomic E-state index is 0.337. The number of phenolic OH excluding ortho intramolecular Hbond substituents is 1. The Bertz CT molecular complexity index is 467. The first-order valence-electron chi connectivity index (χ1n) is 5.59. The smallest absolute Gasteiger partial charge is 0.120 e. The molecule has 0 amide bonds. The predicted molar refractivity (Wildman–Crippen MR) is 64.6 cm³/mol. The van der Waals surface area contributed by atoms with Crippen molar-refractivity contribution in [3.63, 3.8) is 0 Å². The SMILES string of the molecule is Cc1ccc(O)c(CNCCn2ccnn2)c1. The van der Waals surface area contributed by atoms with Crippen LogP contribution in [0.3, 0.4) is 0 Å². The molecule has 0 radical (unpaired) electrons. The van der Waals surface area contributed by atoms with Gasteiger partial charge in [0, 0.05) is 24.8 Å². The summed E-state index contributed by atoms with van der Waals surface area (Å²) in [6.45, 7) is 4.23. The molecule has 0 unspecified atom stereocenters. The summed E-state index contributed by atoms with van der Waals surface area (Å²) in [4.78, 5) is 0. The van der Waals surface area contributed by atoms with Crippen LogP contribution in [0.2, 0.25) is 0 Å². The van der Waals surface area contributed by atoms with Crippen LogP contribution in [0.1, 0.15) is 11.1 Å². The van der Waals surface area contributed by atoms with E-state index in [-0.39, 0.29) is 0 Å². The molecule has 17 heavy (non-hydrogen) atoms. The highest BCUT2D eigenvalue weighted by molar-refractivity contribution is 5.35. The van der Waals surface area contributed by atoms with E-state index in [1.165, 1.54) is 0 Å². The number of phenols is 1. The van der Waals surface area contributed by atoms with Gasteiger partial charge in [-0.2, -0.15) is 0 Å². The third kappa shape index (κ3) is 3.29. The molecule has 5 nitrogen and oxygen atoms in total. The van der Waals surface area contributed by atoms with Crippen LogP contribution in [0.15, 0.2) is 30.6 Å². The van der Waals surface area contributed by atoms with Crippen molar-refractivity contribution in [1.29, 1.82) is 0 Å². The third-order valence-electron chi connectivity index (χ3n) is 2.54. The molecule has 0 saturated carbocycles. The van der Waals surface area contributed by atoms with Crippen LogP contribution in [0.25, 0.3) is 0 Å². The van der Waals surface area contributed by atoms with E-state index in [1.54, 1.807) is 16.9 Å². The van der Waals surface area contributed by atoms with E-state index in [4.69, 9.17) is 0 Å². The summed E-state index contributed by atoms with van der Waals surface area (Å²) in [5.41, 5.74) is 2.07. The molecular formula is C12H16N4O. The van der Waals surface area contributed by atoms with Crippen LogP contribution in [0.4, 0.5) is 0 Å². The van der Waals surface area contributed by atoms with E-state index < -0.39 is 0 Å². The Kier molecular flexibility index (Phi) is 3.72. The number of rotatable bonds is 5. The predicted octanol–water partition coefficient (Wildman–Crippen LogP) is 1.08. The molecule has 0 fully saturated rings. The summed E-state index contributed by atoms with van der Waals surface area (Å²) in [5, 5.41) is 20.5. The maximum atomic E-state index is 9.65. The highest BCUT2D eigenvalue weighted by Crippen LogP contribution is 2.17. The Labute approximate surface area is 100 Å². The molecule has 5 heteroatoms. The largest absolute Gasteiger partial charge is 0.508 e. The Hall–Kier alpha value is -1.88. The molecule has 2 aromatic rings. The summed E-state index contributed by atoms with van der Waals surface area (Å²) >= 11 is 0. The molecule has 0 aliphatic heterocycles. The number of aromatic hydroxyl groups is 1. The van der Waals surface area contributed by atoms with Gasteiger partial charge in [-0.15, -0.1) is 5.10 Å². The molecule has 0 aliphatic rings. The van der Waals surface area contributed by atoms with Crippen LogP contribution >= 0.6 is 0 Å². The van der Waals surface area contributed by atoms with Crippen LogP contribution in [-0.2, 0) is 13.1 Å². The summed E-state index contributed by atoms with van der Waals surface area (Å²) in [5.74, 6) is 0.337. The lowest BCUT2D eigenvalue weighted by molar-refractivity contribution is 0.461. The first-order chi connectivity index (χ1) is 8.25. The second-order valence-electron chi connectivity index (χ2n) is 3.98. The number of aromatic nitrogens is 3. The van der Waals surface area contributed by atoms with Crippen LogP contribution in [-0.4, -0.2) is 26.6 Å². The normalized spacial score (nSPS) is 10.6. The first-order valence-corrected chi connectivity index (χ1v) is 5.59. The van der Waals surface area contributed by atoms with Gasteiger partial charge in [0.25, 0.3) is 0 Å². The van der Waals surface area contributed by atoms with Gasteiger partial charge >= 0.3 is 0 Å². The molecular weight excluding hydrogens is 216 g/mol. The second-order valence-corrected chi connectivity index (χ2v) is 3.98. The summed E-state index contributed by atoms with van der Waals surface area (Å²) in [7, 11) is 0. The molecule has 1 aromatic heterocycles. The van der Waals surface area contributed by atoms with Crippen molar-refractivity contribution in [2.45, 2.75) is 20.0 Å². The van der Waals surface area contributed by atoms with Gasteiger partial charge in [0.05, 0.1) is 12.7 Å². The van der Waals surface area contributed by atoms with E-state index in [2.05, 4.69) is 15.6 Å². The maximum absolute atomic E-state index is 9.65. The minimum Gasteiger partial charge on any atom is -0.508 e. The highest BCUT2D eigenvalue weighted by Gasteiger charge is 2.00. The van der Waals surface area contributed by atoms with Gasteiger partial charge in [0.1, 0.15) is 5.75 Å². The van der Waals surface area contributed by atoms with Crippen molar-refractivity contribution in [2.24, 2.45) is 0 Å². The van der Waals surface area contributed by atoms with E-state index in [9.17, 15) is 5.11 Å². The summed E-state index contributed by atoms with van der Waals surface area (Å²) < 4.78 is 1.77. The minimum absolute atomic E-state index is 0.337. The van der Waals surface area contributed by atoms with Gasteiger partial charge in [0.15, 0.2) is 0 Å². The van der Waals surface area contributed by atoms with E-state index in [1.807, 2.05) is 25.3 Å². The van der Waals surface area contributed by atoms with Crippen LogP contribution in [0, 0.1) is 6.92 Å². The maximum Gasteiger partial charge on any atom is 0.120 e. The number of benzene rings is 1. The molecule has 90 valence electrons. The van der Waals surface area contributed by atoms with Gasteiger partial charge < -0.3 is 10.4 Å². The van der Waals surface area contributed by atoms with Crippen molar-refractivity contribution in [1.82, 2.24) is 20.3 Å². The lowest BCUT2D eigenvalue weighted by Crippen LogP contribution is -2.19. The highest BCUT2D eigenvalue weighted by atomic mass is 16.3. The number of nitrogens with zero attached hydrogens (tertiary/aromatic N) is 3. The fourth-order valence-corrected chi connectivity index (χ4v) is 1.62. The lowest BCUT2D eigenvalue weighted by atomic mass is 10.1. The van der Waals surface area contributed by atoms with E-state index in [0.717, 1.165) is 24.2 Å². The van der Waals surface area contributed by atoms with E-state index >= 15 is 0 Å². The Balaban J connectivity index is 1.80. The Morgan fingerprint density at radius 3 is 3.06 bits per heavy atom. The van der Waals surface area contributed by atoms with Crippen molar-refractivity contribution < 1.29 is 5.11 Å². The molecule has 0 spiro atoms. The fraction of sp³-hybridized carbons (Fsp3) is 0.333. The molecule has 1 aromatic carbocycles. The standard InChI is InChI=1S/C12H16N4O/c1-10-2-3-12(17)11(8-10)9-13-4-6-16-7-5-14-15-16/h2-3,5,7-8,13,17H,4,6,9H2,1H3. The van der Waals surface area contributed by atoms with Crippen LogP contribution in [0.5, 0.6) is 5.75 Å². The molecule has 2 N–H and O–H groups in total. The zero-order chi connectivity index (χ0) is 12.1. The van der Waals surface area contributed by atoms with Crippen molar-refractivity contribution >= 4 is 0 Å². The zero-order valence-electron chi connectivity index (χ0n) is 9.80. The van der Waals surface area contributed by atoms with Crippen molar-refractivity contribution in [3.05, 3.63) is 41.7 Å². The molecule has 2 rings (SSSR count). The van der Waals surface area contributed by atoms with Crippen molar-refractivity contribution in [3.8, 4) is 5.75 Å². The van der Waals surface area contributed by atoms with Gasteiger partial charge in [-0.25, -0.2) is 0 Å². The molecule has 1 heterocycles. The van der Waals surface area contributed by atoms with Gasteiger partial charge in [0.2, 0.25) is 0 Å². The van der Waals surface area contributed by atoms with E-state index in [0.29, 0.717) is 12.3 Å². The molecule has 0 atom stereocenters. The Morgan fingerprint density at radius 2 is 2.29 bits per heavy atom. The topological polar surface area (TPSA) is 63.0 Å². The summed E-state index contributed by atoms with van der Waals surface area (Å²) in [6, 6.07) is 5.61. The van der Waals surface area contributed by atoms with Crippen LogP contribution < -0.4 is 5.32 Å². The van der Waals surface area contributed by atoms with Gasteiger partial charge in [-0.05, 0) is 13.0 Å². The first kappa shape index (κ1) is 11.6.